The average molecular weight is 376 g/mol. The number of nitrogens with one attached hydrogen (secondary N) is 5. The molecule has 0 amide bonds. The molecule has 0 aromatic carbocycles. The molecule has 2 atom stereocenters. The molecule has 4 aliphatic rings. The summed E-state index contributed by atoms with van der Waals surface area (Å²) >= 11 is 0. The Kier molecular flexibility index (Phi) is 3.73. The van der Waals surface area contributed by atoms with Gasteiger partial charge in [-0.05, 0) is 18.9 Å². The van der Waals surface area contributed by atoms with E-state index >= 15 is 0 Å². The zero-order valence-electron chi connectivity index (χ0n) is 15.6. The maximum Gasteiger partial charge on any atom is 0.173 e. The van der Waals surface area contributed by atoms with E-state index in [1.807, 2.05) is 0 Å². The van der Waals surface area contributed by atoms with Crippen molar-refractivity contribution in [3.05, 3.63) is 33.0 Å². The summed E-state index contributed by atoms with van der Waals surface area (Å²) in [5.41, 5.74) is 0. The summed E-state index contributed by atoms with van der Waals surface area (Å²) in [6.45, 7) is 3.78. The van der Waals surface area contributed by atoms with Gasteiger partial charge in [0.25, 0.3) is 0 Å². The molecule has 6 rings (SSSR count). The van der Waals surface area contributed by atoms with Crippen LogP contribution in [0.2, 0.25) is 0 Å². The van der Waals surface area contributed by atoms with E-state index in [2.05, 4.69) is 60.2 Å². The minimum Gasteiger partial charge on any atom is -0.365 e. The molecule has 2 aromatic rings. The molecule has 144 valence electrons. The Bertz CT molecular complexity index is 1180. The number of imidazole rings is 2. The molecule has 1 saturated heterocycles. The number of hydrogen-bond donors (Lipinski definition) is 5. The number of H-pyrrole nitrogens is 2. The van der Waals surface area contributed by atoms with Gasteiger partial charge in [0.1, 0.15) is 5.82 Å². The lowest BCUT2D eigenvalue weighted by molar-refractivity contribution is 0.448. The predicted octanol–water partition coefficient (Wildman–Crippen LogP) is -2.67. The van der Waals surface area contributed by atoms with Crippen LogP contribution in [0.3, 0.4) is 0 Å². The molecule has 5 N–H and O–H groups in total. The Morgan fingerprint density at radius 2 is 1.68 bits per heavy atom. The maximum absolute atomic E-state index is 4.89. The molecule has 8 nitrogen and oxygen atoms in total. The fourth-order valence-corrected chi connectivity index (χ4v) is 4.52. The zero-order valence-corrected chi connectivity index (χ0v) is 15.6. The Morgan fingerprint density at radius 3 is 2.54 bits per heavy atom. The van der Waals surface area contributed by atoms with Gasteiger partial charge in [0, 0.05) is 31.5 Å². The molecule has 28 heavy (non-hydrogen) atoms. The SMILES string of the molecule is C1=c2nc(C3=NCCN3)[nH]c2=CC(c2nc3c([nH]2)=CC(C2NCCN2)CC=3)C1. The van der Waals surface area contributed by atoms with E-state index in [0.29, 0.717) is 12.1 Å². The lowest BCUT2D eigenvalue weighted by Gasteiger charge is -2.20. The van der Waals surface area contributed by atoms with Crippen LogP contribution in [0.5, 0.6) is 0 Å². The molecular formula is C20H24N8. The third-order valence-electron chi connectivity index (χ3n) is 5.97. The third-order valence-corrected chi connectivity index (χ3v) is 5.97. The summed E-state index contributed by atoms with van der Waals surface area (Å²) in [6, 6.07) is 0. The average Bonchev–Trinajstić information content (AvgIpc) is 3.52. The standard InChI is InChI=1S/C20H24N8/c1-3-13-15(9-11(1)17-21-5-6-22-17)27-18(25-13)12-2-4-14-16(10-12)28-20(26-14)19-23-7-8-24-19/h3-4,9-12,17,21-22H,1-2,5-8H2,(H,23,24)(H,25,27)(H,26,28). The molecular weight excluding hydrogens is 352 g/mol. The molecule has 0 radical (unpaired) electrons. The second kappa shape index (κ2) is 6.42. The van der Waals surface area contributed by atoms with Crippen LogP contribution in [0.4, 0.5) is 0 Å². The van der Waals surface area contributed by atoms with Gasteiger partial charge in [0.15, 0.2) is 11.7 Å². The lowest BCUT2D eigenvalue weighted by Crippen LogP contribution is -2.41. The highest BCUT2D eigenvalue weighted by molar-refractivity contribution is 5.96. The van der Waals surface area contributed by atoms with E-state index in [9.17, 15) is 0 Å². The molecule has 2 aliphatic heterocycles. The highest BCUT2D eigenvalue weighted by Gasteiger charge is 2.24. The highest BCUT2D eigenvalue weighted by atomic mass is 15.2. The quantitative estimate of drug-likeness (QED) is 0.402. The Morgan fingerprint density at radius 1 is 0.857 bits per heavy atom. The largest absolute Gasteiger partial charge is 0.365 e. The van der Waals surface area contributed by atoms with Gasteiger partial charge in [-0.3, -0.25) is 4.99 Å². The van der Waals surface area contributed by atoms with Crippen LogP contribution in [0.1, 0.15) is 30.4 Å². The van der Waals surface area contributed by atoms with Gasteiger partial charge in [0.2, 0.25) is 0 Å². The molecule has 4 heterocycles. The van der Waals surface area contributed by atoms with Crippen molar-refractivity contribution in [1.82, 2.24) is 35.9 Å². The summed E-state index contributed by atoms with van der Waals surface area (Å²) in [7, 11) is 0. The second-order valence-corrected chi connectivity index (χ2v) is 7.83. The van der Waals surface area contributed by atoms with Crippen LogP contribution in [0.25, 0.3) is 24.3 Å². The molecule has 0 spiro atoms. The van der Waals surface area contributed by atoms with E-state index < -0.39 is 0 Å². The zero-order chi connectivity index (χ0) is 18.5. The Hall–Kier alpha value is -2.71. The first kappa shape index (κ1) is 16.3. The summed E-state index contributed by atoms with van der Waals surface area (Å²) in [5.74, 6) is 3.42. The normalized spacial score (nSPS) is 26.2. The van der Waals surface area contributed by atoms with Crippen molar-refractivity contribution in [3.8, 4) is 0 Å². The van der Waals surface area contributed by atoms with E-state index in [1.165, 1.54) is 0 Å². The van der Waals surface area contributed by atoms with Crippen LogP contribution in [0.15, 0.2) is 4.99 Å². The van der Waals surface area contributed by atoms with Crippen molar-refractivity contribution in [3.63, 3.8) is 0 Å². The van der Waals surface area contributed by atoms with Gasteiger partial charge in [0.05, 0.1) is 34.1 Å². The van der Waals surface area contributed by atoms with Crippen molar-refractivity contribution in [2.45, 2.75) is 24.9 Å². The molecule has 0 bridgehead atoms. The summed E-state index contributed by atoms with van der Waals surface area (Å²) in [4.78, 5) is 21.0. The third kappa shape index (κ3) is 2.71. The van der Waals surface area contributed by atoms with Crippen molar-refractivity contribution in [2.75, 3.05) is 26.2 Å². The predicted molar refractivity (Wildman–Crippen MR) is 108 cm³/mol. The van der Waals surface area contributed by atoms with E-state index in [0.717, 1.165) is 77.9 Å². The lowest BCUT2D eigenvalue weighted by atomic mass is 9.98. The maximum atomic E-state index is 4.89. The Labute approximate surface area is 161 Å². The number of fused-ring (bicyclic) bond motifs is 2. The topological polar surface area (TPSA) is 106 Å². The molecule has 2 aromatic heterocycles. The number of amidine groups is 1. The molecule has 2 unspecified atom stereocenters. The van der Waals surface area contributed by atoms with Crippen molar-refractivity contribution in [1.29, 1.82) is 0 Å². The highest BCUT2D eigenvalue weighted by Crippen LogP contribution is 2.19. The smallest absolute Gasteiger partial charge is 0.173 e. The van der Waals surface area contributed by atoms with E-state index in [-0.39, 0.29) is 5.92 Å². The number of aromatic nitrogens is 4. The van der Waals surface area contributed by atoms with E-state index in [4.69, 9.17) is 4.98 Å². The van der Waals surface area contributed by atoms with Gasteiger partial charge in [-0.25, -0.2) is 9.97 Å². The number of aliphatic imine (C=N–C) groups is 1. The van der Waals surface area contributed by atoms with Crippen LogP contribution in [0, 0.1) is 5.92 Å². The number of rotatable bonds is 3. The molecule has 1 fully saturated rings. The summed E-state index contributed by atoms with van der Waals surface area (Å²) in [6.07, 6.45) is 11.3. The number of aromatic amines is 2. The first-order valence-electron chi connectivity index (χ1n) is 10.1. The molecule has 8 heteroatoms. The first-order valence-corrected chi connectivity index (χ1v) is 10.1. The van der Waals surface area contributed by atoms with Gasteiger partial charge >= 0.3 is 0 Å². The number of hydrogen-bond acceptors (Lipinski definition) is 6. The first-order chi connectivity index (χ1) is 13.8. The van der Waals surface area contributed by atoms with Crippen LogP contribution in [-0.2, 0) is 0 Å². The monoisotopic (exact) mass is 376 g/mol. The molecule has 2 aliphatic carbocycles. The van der Waals surface area contributed by atoms with Gasteiger partial charge in [-0.2, -0.15) is 0 Å². The fourth-order valence-electron chi connectivity index (χ4n) is 4.52. The van der Waals surface area contributed by atoms with Crippen LogP contribution >= 0.6 is 0 Å². The van der Waals surface area contributed by atoms with E-state index in [1.54, 1.807) is 0 Å². The van der Waals surface area contributed by atoms with Crippen molar-refractivity contribution in [2.24, 2.45) is 10.9 Å². The van der Waals surface area contributed by atoms with Crippen LogP contribution < -0.4 is 37.3 Å². The van der Waals surface area contributed by atoms with Gasteiger partial charge in [-0.15, -0.1) is 0 Å². The summed E-state index contributed by atoms with van der Waals surface area (Å²) < 4.78 is 0. The minimum absolute atomic E-state index is 0.229. The van der Waals surface area contributed by atoms with Gasteiger partial charge in [-0.1, -0.05) is 18.2 Å². The fraction of sp³-hybridized carbons (Fsp3) is 0.450. The van der Waals surface area contributed by atoms with Gasteiger partial charge < -0.3 is 25.9 Å². The Balaban J connectivity index is 1.32. The van der Waals surface area contributed by atoms with Crippen molar-refractivity contribution >= 4 is 30.1 Å². The van der Waals surface area contributed by atoms with Crippen molar-refractivity contribution < 1.29 is 0 Å². The van der Waals surface area contributed by atoms with Crippen LogP contribution in [-0.4, -0.2) is 58.1 Å². The number of nitrogens with zero attached hydrogens (tertiary/aromatic N) is 3. The minimum atomic E-state index is 0.229. The summed E-state index contributed by atoms with van der Waals surface area (Å²) in [5, 5.41) is 14.6. The second-order valence-electron chi connectivity index (χ2n) is 7.83. The molecule has 0 saturated carbocycles.